The molecule has 22 heavy (non-hydrogen) atoms. The second-order valence-electron chi connectivity index (χ2n) is 5.54. The number of rotatable bonds is 3. The Kier molecular flexibility index (Phi) is 3.40. The van der Waals surface area contributed by atoms with E-state index in [0.717, 1.165) is 0 Å². The second kappa shape index (κ2) is 5.25. The molecule has 0 spiro atoms. The number of carboxylic acids is 1. The minimum Gasteiger partial charge on any atom is -0.480 e. The van der Waals surface area contributed by atoms with Crippen molar-refractivity contribution < 1.29 is 14.7 Å². The van der Waals surface area contributed by atoms with Crippen LogP contribution in [0.4, 0.5) is 0 Å². The third-order valence-electron chi connectivity index (χ3n) is 4.13. The Morgan fingerprint density at radius 1 is 1.36 bits per heavy atom. The number of carboxylic acid groups (broad SMARTS) is 1. The maximum atomic E-state index is 12.7. The summed E-state index contributed by atoms with van der Waals surface area (Å²) in [7, 11) is 0. The Hall–Kier alpha value is -2.70. The molecule has 114 valence electrons. The summed E-state index contributed by atoms with van der Waals surface area (Å²) in [5, 5.41) is 17.1. The molecule has 1 aromatic carbocycles. The Labute approximate surface area is 127 Å². The Morgan fingerprint density at radius 2 is 2.18 bits per heavy atom. The highest BCUT2D eigenvalue weighted by molar-refractivity contribution is 5.98. The van der Waals surface area contributed by atoms with Crippen LogP contribution in [-0.2, 0) is 4.79 Å². The van der Waals surface area contributed by atoms with Crippen molar-refractivity contribution in [2.75, 3.05) is 6.54 Å². The Bertz CT molecular complexity index is 713. The number of hydrogen-bond acceptors (Lipinski definition) is 4. The normalized spacial score (nSPS) is 21.0. The highest BCUT2D eigenvalue weighted by atomic mass is 16.4. The molecule has 1 saturated heterocycles. The molecule has 1 unspecified atom stereocenters. The van der Waals surface area contributed by atoms with Gasteiger partial charge in [-0.25, -0.2) is 9.48 Å². The summed E-state index contributed by atoms with van der Waals surface area (Å²) >= 11 is 0. The number of aromatic nitrogens is 3. The first-order valence-corrected chi connectivity index (χ1v) is 7.04. The van der Waals surface area contributed by atoms with E-state index in [2.05, 4.69) is 10.3 Å². The first kappa shape index (κ1) is 14.2. The molecule has 1 aliphatic heterocycles. The number of aliphatic carboxylic acids is 1. The number of carbonyl (C=O) groups is 2. The van der Waals surface area contributed by atoms with Crippen LogP contribution >= 0.6 is 0 Å². The molecule has 0 aliphatic carbocycles. The van der Waals surface area contributed by atoms with Crippen LogP contribution in [-0.4, -0.2) is 49.0 Å². The van der Waals surface area contributed by atoms with Gasteiger partial charge in [0.15, 0.2) is 0 Å². The van der Waals surface area contributed by atoms with Gasteiger partial charge in [0.2, 0.25) is 0 Å². The summed E-state index contributed by atoms with van der Waals surface area (Å²) in [6.45, 7) is 2.05. The first-order chi connectivity index (χ1) is 10.5. The van der Waals surface area contributed by atoms with Crippen molar-refractivity contribution in [3.63, 3.8) is 0 Å². The van der Waals surface area contributed by atoms with Crippen molar-refractivity contribution in [1.82, 2.24) is 19.9 Å². The fourth-order valence-corrected chi connectivity index (χ4v) is 2.79. The lowest BCUT2D eigenvalue weighted by Gasteiger charge is -2.31. The summed E-state index contributed by atoms with van der Waals surface area (Å²) in [5.41, 5.74) is 0.0160. The zero-order valence-electron chi connectivity index (χ0n) is 12.1. The molecule has 0 radical (unpaired) electrons. The molecule has 2 heterocycles. The van der Waals surface area contributed by atoms with E-state index < -0.39 is 11.5 Å². The highest BCUT2D eigenvalue weighted by Crippen LogP contribution is 2.31. The van der Waals surface area contributed by atoms with Gasteiger partial charge >= 0.3 is 5.97 Å². The molecule has 1 N–H and O–H groups in total. The van der Waals surface area contributed by atoms with E-state index >= 15 is 0 Å². The summed E-state index contributed by atoms with van der Waals surface area (Å²) in [6.07, 6.45) is 4.39. The Balaban J connectivity index is 1.93. The van der Waals surface area contributed by atoms with Crippen LogP contribution in [0.2, 0.25) is 0 Å². The predicted octanol–water partition coefficient (Wildman–Crippen LogP) is 1.35. The molecular formula is C15H16N4O3. The molecule has 2 aromatic rings. The zero-order valence-corrected chi connectivity index (χ0v) is 12.1. The van der Waals surface area contributed by atoms with Gasteiger partial charge in [-0.05, 0) is 38.0 Å². The molecule has 0 saturated carbocycles. The third kappa shape index (κ3) is 2.24. The predicted molar refractivity (Wildman–Crippen MR) is 77.7 cm³/mol. The van der Waals surface area contributed by atoms with Gasteiger partial charge < -0.3 is 10.0 Å². The van der Waals surface area contributed by atoms with Gasteiger partial charge in [-0.2, -0.15) is 0 Å². The van der Waals surface area contributed by atoms with Crippen LogP contribution in [0.15, 0.2) is 36.7 Å². The Morgan fingerprint density at radius 3 is 2.86 bits per heavy atom. The van der Waals surface area contributed by atoms with Gasteiger partial charge in [0.05, 0.1) is 18.1 Å². The van der Waals surface area contributed by atoms with Crippen molar-refractivity contribution >= 4 is 11.9 Å². The van der Waals surface area contributed by atoms with Crippen molar-refractivity contribution in [2.45, 2.75) is 25.3 Å². The van der Waals surface area contributed by atoms with Crippen LogP contribution in [0.25, 0.3) is 5.69 Å². The van der Waals surface area contributed by atoms with E-state index in [0.29, 0.717) is 30.6 Å². The SMILES string of the molecule is CC1(C(=O)O)CCCN1C(=O)c1cccc(-n2ccnn2)c1. The van der Waals surface area contributed by atoms with Gasteiger partial charge in [-0.15, -0.1) is 5.10 Å². The van der Waals surface area contributed by atoms with Crippen molar-refractivity contribution in [2.24, 2.45) is 0 Å². The van der Waals surface area contributed by atoms with Crippen LogP contribution in [0.3, 0.4) is 0 Å². The lowest BCUT2D eigenvalue weighted by molar-refractivity contribution is -0.147. The maximum Gasteiger partial charge on any atom is 0.329 e. The van der Waals surface area contributed by atoms with Crippen LogP contribution < -0.4 is 0 Å². The van der Waals surface area contributed by atoms with Crippen molar-refractivity contribution in [3.8, 4) is 5.69 Å². The minimum atomic E-state index is -1.14. The average molecular weight is 300 g/mol. The smallest absolute Gasteiger partial charge is 0.329 e. The molecule has 1 fully saturated rings. The summed E-state index contributed by atoms with van der Waals surface area (Å²) in [6, 6.07) is 6.94. The van der Waals surface area contributed by atoms with Crippen molar-refractivity contribution in [3.05, 3.63) is 42.2 Å². The van der Waals surface area contributed by atoms with Gasteiger partial charge in [-0.1, -0.05) is 11.3 Å². The van der Waals surface area contributed by atoms with E-state index in [9.17, 15) is 14.7 Å². The lowest BCUT2D eigenvalue weighted by atomic mass is 9.98. The third-order valence-corrected chi connectivity index (χ3v) is 4.13. The van der Waals surface area contributed by atoms with Crippen LogP contribution in [0.1, 0.15) is 30.1 Å². The molecule has 1 atom stereocenters. The average Bonchev–Trinajstić information content (AvgIpc) is 3.17. The van der Waals surface area contributed by atoms with Crippen molar-refractivity contribution in [1.29, 1.82) is 0 Å². The monoisotopic (exact) mass is 300 g/mol. The molecular weight excluding hydrogens is 284 g/mol. The van der Waals surface area contributed by atoms with Gasteiger partial charge in [-0.3, -0.25) is 4.79 Å². The van der Waals surface area contributed by atoms with E-state index in [1.54, 1.807) is 42.2 Å². The van der Waals surface area contributed by atoms with E-state index in [4.69, 9.17) is 0 Å². The summed E-state index contributed by atoms with van der Waals surface area (Å²) in [5.74, 6) is -1.24. The molecule has 1 aliphatic rings. The molecule has 3 rings (SSSR count). The number of hydrogen-bond donors (Lipinski definition) is 1. The summed E-state index contributed by atoms with van der Waals surface area (Å²) < 4.78 is 1.55. The highest BCUT2D eigenvalue weighted by Gasteiger charge is 2.46. The molecule has 1 amide bonds. The standard InChI is InChI=1S/C15H16N4O3/c1-15(14(21)22)6-3-8-18(15)13(20)11-4-2-5-12(10-11)19-9-7-16-17-19/h2,4-5,7,9-10H,3,6,8H2,1H3,(H,21,22). The van der Waals surface area contributed by atoms with Gasteiger partial charge in [0.25, 0.3) is 5.91 Å². The van der Waals surface area contributed by atoms with Crippen LogP contribution in [0, 0.1) is 0 Å². The molecule has 0 bridgehead atoms. The fraction of sp³-hybridized carbons (Fsp3) is 0.333. The first-order valence-electron chi connectivity index (χ1n) is 7.04. The van der Waals surface area contributed by atoms with E-state index in [-0.39, 0.29) is 5.91 Å². The molecule has 7 nitrogen and oxygen atoms in total. The van der Waals surface area contributed by atoms with E-state index in [1.165, 1.54) is 4.90 Å². The number of benzene rings is 1. The lowest BCUT2D eigenvalue weighted by Crippen LogP contribution is -2.50. The molecule has 1 aromatic heterocycles. The number of likely N-dealkylation sites (tertiary alicyclic amines) is 1. The molecule has 7 heteroatoms. The fourth-order valence-electron chi connectivity index (χ4n) is 2.79. The number of nitrogens with zero attached hydrogens (tertiary/aromatic N) is 4. The van der Waals surface area contributed by atoms with Gasteiger partial charge in [0.1, 0.15) is 5.54 Å². The number of amides is 1. The minimum absolute atomic E-state index is 0.274. The van der Waals surface area contributed by atoms with Crippen LogP contribution in [0.5, 0.6) is 0 Å². The number of carbonyl (C=O) groups excluding carboxylic acids is 1. The topological polar surface area (TPSA) is 88.3 Å². The van der Waals surface area contributed by atoms with E-state index in [1.807, 2.05) is 6.07 Å². The maximum absolute atomic E-state index is 12.7. The zero-order chi connectivity index (χ0) is 15.7. The second-order valence-corrected chi connectivity index (χ2v) is 5.54. The quantitative estimate of drug-likeness (QED) is 0.924. The largest absolute Gasteiger partial charge is 0.480 e. The van der Waals surface area contributed by atoms with Gasteiger partial charge in [0, 0.05) is 12.1 Å². The summed E-state index contributed by atoms with van der Waals surface area (Å²) in [4.78, 5) is 25.7.